The Balaban J connectivity index is 1.92. The Morgan fingerprint density at radius 2 is 1.83 bits per heavy atom. The molecule has 0 amide bonds. The van der Waals surface area contributed by atoms with Gasteiger partial charge in [0.1, 0.15) is 0 Å². The van der Waals surface area contributed by atoms with Crippen molar-refractivity contribution in [2.24, 2.45) is 7.05 Å². The lowest BCUT2D eigenvalue weighted by Crippen LogP contribution is -2.41. The summed E-state index contributed by atoms with van der Waals surface area (Å²) in [4.78, 5) is 0. The lowest BCUT2D eigenvalue weighted by Gasteiger charge is -2.32. The zero-order valence-corrected chi connectivity index (χ0v) is 15.4. The average molecular weight is 329 g/mol. The quantitative estimate of drug-likeness (QED) is 0.676. The second-order valence-electron chi connectivity index (χ2n) is 7.21. The minimum absolute atomic E-state index is 0.330. The molecular weight excluding hydrogens is 305 g/mol. The molecule has 2 aromatic rings. The first-order chi connectivity index (χ1) is 10.7. The van der Waals surface area contributed by atoms with Gasteiger partial charge in [0.2, 0.25) is 0 Å². The van der Waals surface area contributed by atoms with Crippen LogP contribution >= 0.6 is 12.6 Å². The van der Waals surface area contributed by atoms with Crippen LogP contribution in [0.15, 0.2) is 35.9 Å². The van der Waals surface area contributed by atoms with Gasteiger partial charge < -0.3 is 13.9 Å². The van der Waals surface area contributed by atoms with Crippen LogP contribution in [0.1, 0.15) is 33.3 Å². The lowest BCUT2D eigenvalue weighted by atomic mass is 9.78. The van der Waals surface area contributed by atoms with Crippen molar-refractivity contribution in [3.05, 3.63) is 41.5 Å². The fourth-order valence-electron chi connectivity index (χ4n) is 2.79. The summed E-state index contributed by atoms with van der Waals surface area (Å²) in [6.45, 7) is 8.27. The number of nitrogens with zero attached hydrogens (tertiary/aromatic N) is 1. The third-order valence-electron chi connectivity index (χ3n) is 5.00. The third-order valence-corrected chi connectivity index (χ3v) is 5.37. The fourth-order valence-corrected chi connectivity index (χ4v) is 3.03. The number of thiol groups is 1. The van der Waals surface area contributed by atoms with Crippen LogP contribution in [0.2, 0.25) is 0 Å². The van der Waals surface area contributed by atoms with E-state index in [0.717, 1.165) is 11.0 Å². The fraction of sp³-hybridized carbons (Fsp3) is 0.444. The van der Waals surface area contributed by atoms with E-state index in [4.69, 9.17) is 9.31 Å². The van der Waals surface area contributed by atoms with E-state index in [0.29, 0.717) is 5.75 Å². The summed E-state index contributed by atoms with van der Waals surface area (Å²) in [5.74, 6) is 0.601. The maximum atomic E-state index is 6.14. The van der Waals surface area contributed by atoms with Crippen LogP contribution < -0.4 is 0 Å². The van der Waals surface area contributed by atoms with Crippen molar-refractivity contribution in [2.45, 2.75) is 38.9 Å². The Bertz CT molecular complexity index is 747. The summed E-state index contributed by atoms with van der Waals surface area (Å²) in [5, 5.41) is 1.23. The van der Waals surface area contributed by atoms with Gasteiger partial charge in [-0.15, -0.1) is 0 Å². The summed E-state index contributed by atoms with van der Waals surface area (Å²) >= 11 is 4.48. The molecule has 1 fully saturated rings. The van der Waals surface area contributed by atoms with E-state index in [1.165, 1.54) is 10.9 Å². The molecule has 0 bridgehead atoms. The molecule has 3 rings (SSSR count). The van der Waals surface area contributed by atoms with Crippen LogP contribution in [0.3, 0.4) is 0 Å². The summed E-state index contributed by atoms with van der Waals surface area (Å²) in [5.41, 5.74) is 2.75. The molecule has 1 saturated heterocycles. The molecule has 1 aromatic heterocycles. The normalized spacial score (nSPS) is 20.4. The largest absolute Gasteiger partial charge is 0.491 e. The van der Waals surface area contributed by atoms with Crippen molar-refractivity contribution in [2.75, 3.05) is 5.75 Å². The minimum Gasteiger partial charge on any atom is -0.400 e. The average Bonchev–Trinajstić information content (AvgIpc) is 2.94. The van der Waals surface area contributed by atoms with Gasteiger partial charge in [0.25, 0.3) is 0 Å². The predicted octanol–water partition coefficient (Wildman–Crippen LogP) is 4.12. The smallest absolute Gasteiger partial charge is 0.400 e. The van der Waals surface area contributed by atoms with Gasteiger partial charge in [0, 0.05) is 29.9 Å². The highest BCUT2D eigenvalue weighted by Crippen LogP contribution is 2.39. The molecule has 0 unspecified atom stereocenters. The van der Waals surface area contributed by atoms with E-state index in [-0.39, 0.29) is 18.3 Å². The Hall–Kier alpha value is -1.17. The van der Waals surface area contributed by atoms with Crippen LogP contribution in [0.4, 0.5) is 0 Å². The molecule has 1 aliphatic heterocycles. The molecule has 1 aliphatic rings. The molecule has 3 nitrogen and oxygen atoms in total. The molecule has 0 radical (unpaired) electrons. The van der Waals surface area contributed by atoms with Gasteiger partial charge in [-0.05, 0) is 56.9 Å². The zero-order chi connectivity index (χ0) is 16.8. The van der Waals surface area contributed by atoms with Crippen molar-refractivity contribution >= 4 is 36.7 Å². The number of hydrogen-bond donors (Lipinski definition) is 1. The first kappa shape index (κ1) is 16.7. The topological polar surface area (TPSA) is 23.4 Å². The summed E-state index contributed by atoms with van der Waals surface area (Å²) < 4.78 is 14.4. The van der Waals surface area contributed by atoms with E-state index in [1.807, 2.05) is 0 Å². The first-order valence-corrected chi connectivity index (χ1v) is 8.59. The van der Waals surface area contributed by atoms with Crippen LogP contribution in [-0.2, 0) is 16.4 Å². The van der Waals surface area contributed by atoms with E-state index in [1.54, 1.807) is 0 Å². The van der Waals surface area contributed by atoms with Crippen molar-refractivity contribution in [3.63, 3.8) is 0 Å². The van der Waals surface area contributed by atoms with Gasteiger partial charge in [0.05, 0.1) is 11.2 Å². The first-order valence-electron chi connectivity index (χ1n) is 7.95. The molecule has 0 saturated carbocycles. The van der Waals surface area contributed by atoms with E-state index >= 15 is 0 Å². The van der Waals surface area contributed by atoms with Crippen LogP contribution in [-0.4, -0.2) is 28.6 Å². The van der Waals surface area contributed by atoms with Gasteiger partial charge in [-0.25, -0.2) is 0 Å². The van der Waals surface area contributed by atoms with Gasteiger partial charge >= 0.3 is 7.12 Å². The van der Waals surface area contributed by atoms with Crippen molar-refractivity contribution in [1.82, 2.24) is 4.57 Å². The molecular formula is C18H24BNO2S. The Labute approximate surface area is 144 Å². The second-order valence-corrected chi connectivity index (χ2v) is 7.53. The highest BCUT2D eigenvalue weighted by molar-refractivity contribution is 7.80. The zero-order valence-electron chi connectivity index (χ0n) is 14.5. The predicted molar refractivity (Wildman–Crippen MR) is 101 cm³/mol. The number of aromatic nitrogens is 1. The van der Waals surface area contributed by atoms with Crippen LogP contribution in [0.5, 0.6) is 0 Å². The Morgan fingerprint density at radius 3 is 2.43 bits per heavy atom. The van der Waals surface area contributed by atoms with Gasteiger partial charge in [0.15, 0.2) is 0 Å². The number of hydrogen-bond acceptors (Lipinski definition) is 3. The maximum Gasteiger partial charge on any atom is 0.491 e. The lowest BCUT2D eigenvalue weighted by molar-refractivity contribution is 0.00578. The Kier molecular flexibility index (Phi) is 4.15. The molecule has 23 heavy (non-hydrogen) atoms. The van der Waals surface area contributed by atoms with E-state index in [9.17, 15) is 0 Å². The molecule has 0 aliphatic carbocycles. The van der Waals surface area contributed by atoms with Gasteiger partial charge in [-0.3, -0.25) is 0 Å². The molecule has 0 N–H and O–H groups in total. The van der Waals surface area contributed by atoms with Crippen LogP contribution in [0, 0.1) is 0 Å². The SMILES string of the molecule is Cn1ccc2cc(C=C(CS)B3OC(C)(C)C(C)(C)O3)ccc21. The summed E-state index contributed by atoms with van der Waals surface area (Å²) in [6, 6.07) is 8.57. The third kappa shape index (κ3) is 2.98. The molecule has 122 valence electrons. The number of aryl methyl sites for hydroxylation is 1. The van der Waals surface area contributed by atoms with Crippen LogP contribution in [0.25, 0.3) is 17.0 Å². The monoisotopic (exact) mass is 329 g/mol. The van der Waals surface area contributed by atoms with Gasteiger partial charge in [-0.1, -0.05) is 12.1 Å². The molecule has 0 atom stereocenters. The molecule has 0 spiro atoms. The summed E-state index contributed by atoms with van der Waals surface area (Å²) in [6.07, 6.45) is 4.20. The number of benzene rings is 1. The maximum absolute atomic E-state index is 6.14. The molecule has 5 heteroatoms. The van der Waals surface area contributed by atoms with Crippen molar-refractivity contribution < 1.29 is 9.31 Å². The number of rotatable bonds is 3. The van der Waals surface area contributed by atoms with E-state index in [2.05, 4.69) is 88.5 Å². The highest BCUT2D eigenvalue weighted by atomic mass is 32.1. The number of fused-ring (bicyclic) bond motifs is 1. The Morgan fingerprint density at radius 1 is 1.17 bits per heavy atom. The van der Waals surface area contributed by atoms with Crippen molar-refractivity contribution in [3.8, 4) is 0 Å². The molecule has 1 aromatic carbocycles. The minimum atomic E-state index is -0.344. The second kappa shape index (κ2) is 5.73. The van der Waals surface area contributed by atoms with Gasteiger partial charge in [-0.2, -0.15) is 12.6 Å². The van der Waals surface area contributed by atoms with E-state index < -0.39 is 0 Å². The highest BCUT2D eigenvalue weighted by Gasteiger charge is 2.52. The standard InChI is InChI=1S/C18H24BNO2S/c1-17(2)18(3,4)22-19(21-17)15(12-23)11-13-6-7-16-14(10-13)8-9-20(16)5/h6-11,23H,12H2,1-5H3. The summed E-state index contributed by atoms with van der Waals surface area (Å²) in [7, 11) is 1.71. The van der Waals surface area contributed by atoms with Crippen molar-refractivity contribution in [1.29, 1.82) is 0 Å². The molecule has 2 heterocycles.